The monoisotopic (exact) mass is 360 g/mol. The quantitative estimate of drug-likeness (QED) is 0.674. The number of nitrogens with one attached hydrogen (secondary N) is 2. The third-order valence-electron chi connectivity index (χ3n) is 3.66. The van der Waals surface area contributed by atoms with Crippen LogP contribution >= 0.6 is 0 Å². The van der Waals surface area contributed by atoms with Gasteiger partial charge < -0.3 is 10.6 Å². The SMILES string of the molecule is CNCCCC(=O)Nc1cccc(CS(=O)(=O)Cc2ccccc2)c1. The highest BCUT2D eigenvalue weighted by Gasteiger charge is 2.13. The van der Waals surface area contributed by atoms with Crippen LogP contribution in [0.15, 0.2) is 54.6 Å². The zero-order chi connectivity index (χ0) is 18.1. The lowest BCUT2D eigenvalue weighted by Crippen LogP contribution is -2.15. The number of benzene rings is 2. The second-order valence-electron chi connectivity index (χ2n) is 5.97. The van der Waals surface area contributed by atoms with Crippen molar-refractivity contribution in [1.82, 2.24) is 5.32 Å². The number of carbonyl (C=O) groups is 1. The third kappa shape index (κ3) is 7.07. The van der Waals surface area contributed by atoms with Gasteiger partial charge in [-0.2, -0.15) is 0 Å². The van der Waals surface area contributed by atoms with Crippen molar-refractivity contribution in [2.24, 2.45) is 0 Å². The molecule has 134 valence electrons. The van der Waals surface area contributed by atoms with Gasteiger partial charge in [-0.15, -0.1) is 0 Å². The molecule has 6 heteroatoms. The van der Waals surface area contributed by atoms with Gasteiger partial charge in [-0.25, -0.2) is 8.42 Å². The van der Waals surface area contributed by atoms with Gasteiger partial charge in [-0.3, -0.25) is 4.79 Å². The van der Waals surface area contributed by atoms with Crippen LogP contribution < -0.4 is 10.6 Å². The van der Waals surface area contributed by atoms with Gasteiger partial charge in [0.1, 0.15) is 0 Å². The van der Waals surface area contributed by atoms with E-state index in [2.05, 4.69) is 10.6 Å². The zero-order valence-corrected chi connectivity index (χ0v) is 15.2. The summed E-state index contributed by atoms with van der Waals surface area (Å²) in [5.74, 6) is -0.112. The molecular formula is C19H24N2O3S. The van der Waals surface area contributed by atoms with Crippen LogP contribution in [0.2, 0.25) is 0 Å². The van der Waals surface area contributed by atoms with Crippen molar-refractivity contribution in [3.8, 4) is 0 Å². The lowest BCUT2D eigenvalue weighted by molar-refractivity contribution is -0.116. The van der Waals surface area contributed by atoms with Gasteiger partial charge >= 0.3 is 0 Å². The summed E-state index contributed by atoms with van der Waals surface area (Å²) in [7, 11) is -1.43. The Labute approximate surface area is 149 Å². The fraction of sp³-hybridized carbons (Fsp3) is 0.316. The molecule has 0 aliphatic rings. The Morgan fingerprint density at radius 1 is 0.960 bits per heavy atom. The summed E-state index contributed by atoms with van der Waals surface area (Å²) in [5, 5.41) is 5.81. The Morgan fingerprint density at radius 3 is 2.36 bits per heavy atom. The highest BCUT2D eigenvalue weighted by Crippen LogP contribution is 2.16. The largest absolute Gasteiger partial charge is 0.326 e. The van der Waals surface area contributed by atoms with Gasteiger partial charge in [0.05, 0.1) is 11.5 Å². The Balaban J connectivity index is 1.97. The molecule has 0 aliphatic heterocycles. The van der Waals surface area contributed by atoms with Crippen LogP contribution in [0.25, 0.3) is 0 Å². The molecule has 2 N–H and O–H groups in total. The number of carbonyl (C=O) groups excluding carboxylic acids is 1. The van der Waals surface area contributed by atoms with Gasteiger partial charge in [-0.1, -0.05) is 42.5 Å². The van der Waals surface area contributed by atoms with Crippen LogP contribution in [0.4, 0.5) is 5.69 Å². The van der Waals surface area contributed by atoms with Crippen LogP contribution in [-0.2, 0) is 26.1 Å². The van der Waals surface area contributed by atoms with Crippen molar-refractivity contribution >= 4 is 21.4 Å². The summed E-state index contributed by atoms with van der Waals surface area (Å²) in [5.41, 5.74) is 2.07. The van der Waals surface area contributed by atoms with Crippen molar-refractivity contribution in [3.05, 3.63) is 65.7 Å². The van der Waals surface area contributed by atoms with Gasteiger partial charge in [0.25, 0.3) is 0 Å². The molecule has 0 unspecified atom stereocenters. The average Bonchev–Trinajstić information content (AvgIpc) is 2.55. The first-order valence-corrected chi connectivity index (χ1v) is 10.1. The average molecular weight is 360 g/mol. The van der Waals surface area contributed by atoms with E-state index in [1.165, 1.54) is 0 Å². The number of hydrogen-bond donors (Lipinski definition) is 2. The maximum absolute atomic E-state index is 12.4. The number of amides is 1. The molecule has 1 amide bonds. The van der Waals surface area contributed by atoms with Crippen molar-refractivity contribution in [3.63, 3.8) is 0 Å². The van der Waals surface area contributed by atoms with Crippen molar-refractivity contribution in [2.45, 2.75) is 24.3 Å². The first-order valence-electron chi connectivity index (χ1n) is 8.26. The van der Waals surface area contributed by atoms with Gasteiger partial charge in [0.15, 0.2) is 9.84 Å². The van der Waals surface area contributed by atoms with Crippen molar-refractivity contribution < 1.29 is 13.2 Å². The van der Waals surface area contributed by atoms with E-state index in [1.54, 1.807) is 36.4 Å². The lowest BCUT2D eigenvalue weighted by Gasteiger charge is -2.09. The molecule has 0 aromatic heterocycles. The van der Waals surface area contributed by atoms with E-state index in [0.29, 0.717) is 17.7 Å². The maximum Gasteiger partial charge on any atom is 0.224 e. The standard InChI is InChI=1S/C19H24N2O3S/c1-20-12-6-11-19(22)21-18-10-5-9-17(13-18)15-25(23,24)14-16-7-3-2-4-8-16/h2-5,7-10,13,20H,6,11-12,14-15H2,1H3,(H,21,22). The predicted molar refractivity (Wildman–Crippen MR) is 101 cm³/mol. The van der Waals surface area contributed by atoms with Gasteiger partial charge in [0, 0.05) is 12.1 Å². The highest BCUT2D eigenvalue weighted by molar-refractivity contribution is 7.89. The minimum Gasteiger partial charge on any atom is -0.326 e. The fourth-order valence-corrected chi connectivity index (χ4v) is 4.01. The first kappa shape index (κ1) is 19.1. The fourth-order valence-electron chi connectivity index (χ4n) is 2.52. The molecule has 0 fully saturated rings. The first-order chi connectivity index (χ1) is 12.0. The number of rotatable bonds is 9. The third-order valence-corrected chi connectivity index (χ3v) is 5.20. The van der Waals surface area contributed by atoms with Crippen molar-refractivity contribution in [2.75, 3.05) is 18.9 Å². The topological polar surface area (TPSA) is 75.3 Å². The molecule has 2 aromatic carbocycles. The molecule has 0 atom stereocenters. The van der Waals surface area contributed by atoms with E-state index in [4.69, 9.17) is 0 Å². The molecule has 5 nitrogen and oxygen atoms in total. The number of anilines is 1. The van der Waals surface area contributed by atoms with Crippen LogP contribution in [-0.4, -0.2) is 27.9 Å². The minimum absolute atomic E-state index is 0.00838. The van der Waals surface area contributed by atoms with Crippen LogP contribution in [0.3, 0.4) is 0 Å². The molecule has 0 saturated carbocycles. The summed E-state index contributed by atoms with van der Waals surface area (Å²) >= 11 is 0. The van der Waals surface area contributed by atoms with Gasteiger partial charge in [0.2, 0.25) is 5.91 Å². The van der Waals surface area contributed by atoms with E-state index in [9.17, 15) is 13.2 Å². The minimum atomic E-state index is -3.27. The Morgan fingerprint density at radius 2 is 1.64 bits per heavy atom. The summed E-state index contributed by atoms with van der Waals surface area (Å²) in [6.45, 7) is 0.783. The van der Waals surface area contributed by atoms with Crippen LogP contribution in [0.1, 0.15) is 24.0 Å². The molecule has 2 rings (SSSR count). The predicted octanol–water partition coefficient (Wildman–Crippen LogP) is 2.74. The zero-order valence-electron chi connectivity index (χ0n) is 14.4. The van der Waals surface area contributed by atoms with Crippen molar-refractivity contribution in [1.29, 1.82) is 0 Å². The summed E-state index contributed by atoms with van der Waals surface area (Å²) in [6, 6.07) is 16.1. The molecule has 0 radical (unpaired) electrons. The molecule has 0 spiro atoms. The highest BCUT2D eigenvalue weighted by atomic mass is 32.2. The molecule has 0 saturated heterocycles. The van der Waals surface area contributed by atoms with Gasteiger partial charge in [-0.05, 0) is 43.3 Å². The Kier molecular flexibility index (Phi) is 7.16. The Hall–Kier alpha value is -2.18. The van der Waals surface area contributed by atoms with E-state index < -0.39 is 9.84 Å². The number of sulfone groups is 1. The summed E-state index contributed by atoms with van der Waals surface area (Å²) in [6.07, 6.45) is 1.19. The number of hydrogen-bond acceptors (Lipinski definition) is 4. The van der Waals surface area contributed by atoms with E-state index >= 15 is 0 Å². The lowest BCUT2D eigenvalue weighted by atomic mass is 10.2. The second-order valence-corrected chi connectivity index (χ2v) is 8.04. The van der Waals surface area contributed by atoms with E-state index in [1.807, 2.05) is 25.2 Å². The molecule has 0 aliphatic carbocycles. The smallest absolute Gasteiger partial charge is 0.224 e. The van der Waals surface area contributed by atoms with Crippen LogP contribution in [0, 0.1) is 0 Å². The van der Waals surface area contributed by atoms with E-state index in [-0.39, 0.29) is 17.4 Å². The maximum atomic E-state index is 12.4. The normalized spacial score (nSPS) is 11.2. The molecule has 25 heavy (non-hydrogen) atoms. The van der Waals surface area contributed by atoms with E-state index in [0.717, 1.165) is 18.5 Å². The summed E-state index contributed by atoms with van der Waals surface area (Å²) in [4.78, 5) is 11.9. The van der Waals surface area contributed by atoms with Crippen LogP contribution in [0.5, 0.6) is 0 Å². The molecular weight excluding hydrogens is 336 g/mol. The Bertz CT molecular complexity index is 789. The summed E-state index contributed by atoms with van der Waals surface area (Å²) < 4.78 is 24.8. The second kappa shape index (κ2) is 9.34. The molecule has 0 heterocycles. The molecule has 2 aromatic rings. The molecule has 0 bridgehead atoms.